The van der Waals surface area contributed by atoms with Crippen LogP contribution in [0.4, 0.5) is 5.95 Å². The van der Waals surface area contributed by atoms with Gasteiger partial charge >= 0.3 is 0 Å². The average molecular weight is 265 g/mol. The lowest BCUT2D eigenvalue weighted by molar-refractivity contribution is 0.781. The van der Waals surface area contributed by atoms with Crippen molar-refractivity contribution in [2.45, 2.75) is 12.5 Å². The number of rotatable bonds is 3. The fraction of sp³-hybridized carbons (Fsp3) is 0.364. The first-order valence-corrected chi connectivity index (χ1v) is 6.19. The topological polar surface area (TPSA) is 78.5 Å². The molecule has 6 nitrogen and oxygen atoms in total. The monoisotopic (exact) mass is 264 g/mol. The summed E-state index contributed by atoms with van der Waals surface area (Å²) >= 11 is 6.10. The molecule has 0 bridgehead atoms. The lowest BCUT2D eigenvalue weighted by Crippen LogP contribution is -2.23. The molecule has 1 saturated heterocycles. The SMILES string of the molecule is Clc1cnc(N[C@@H]2CCNC2)nc1-c1cn[nH]c1. The lowest BCUT2D eigenvalue weighted by Gasteiger charge is -2.11. The maximum Gasteiger partial charge on any atom is 0.223 e. The zero-order valence-electron chi connectivity index (χ0n) is 9.65. The highest BCUT2D eigenvalue weighted by Gasteiger charge is 2.16. The molecule has 0 aromatic carbocycles. The standard InChI is InChI=1S/C11H13ClN6/c12-9-6-14-11(17-8-1-2-13-5-8)18-10(9)7-3-15-16-4-7/h3-4,6,8,13H,1-2,5H2,(H,15,16)(H,14,17,18)/t8-/m1/s1. The Kier molecular flexibility index (Phi) is 3.12. The molecule has 3 rings (SSSR count). The Morgan fingerprint density at radius 1 is 1.39 bits per heavy atom. The fourth-order valence-corrected chi connectivity index (χ4v) is 2.18. The number of halogens is 1. The predicted octanol–water partition coefficient (Wildman–Crippen LogP) is 1.29. The summed E-state index contributed by atoms with van der Waals surface area (Å²) in [5.74, 6) is 0.601. The van der Waals surface area contributed by atoms with E-state index < -0.39 is 0 Å². The van der Waals surface area contributed by atoms with E-state index in [1.54, 1.807) is 18.6 Å². The van der Waals surface area contributed by atoms with Gasteiger partial charge in [-0.05, 0) is 13.0 Å². The number of nitrogens with one attached hydrogen (secondary N) is 3. The minimum Gasteiger partial charge on any atom is -0.350 e. The van der Waals surface area contributed by atoms with Gasteiger partial charge < -0.3 is 10.6 Å². The molecule has 2 aromatic heterocycles. The van der Waals surface area contributed by atoms with Gasteiger partial charge in [0.2, 0.25) is 5.95 Å². The zero-order chi connectivity index (χ0) is 12.4. The minimum absolute atomic E-state index is 0.378. The number of hydrogen-bond acceptors (Lipinski definition) is 5. The second kappa shape index (κ2) is 4.91. The maximum atomic E-state index is 6.10. The highest BCUT2D eigenvalue weighted by Crippen LogP contribution is 2.25. The summed E-state index contributed by atoms with van der Waals surface area (Å²) in [6.07, 6.45) is 6.14. The largest absolute Gasteiger partial charge is 0.350 e. The van der Waals surface area contributed by atoms with E-state index in [2.05, 4.69) is 30.8 Å². The van der Waals surface area contributed by atoms with Crippen molar-refractivity contribution in [3.8, 4) is 11.3 Å². The summed E-state index contributed by atoms with van der Waals surface area (Å²) in [6, 6.07) is 0.378. The molecule has 0 spiro atoms. The van der Waals surface area contributed by atoms with E-state index in [4.69, 9.17) is 11.6 Å². The molecule has 0 unspecified atom stereocenters. The summed E-state index contributed by atoms with van der Waals surface area (Å²) in [5.41, 5.74) is 1.55. The summed E-state index contributed by atoms with van der Waals surface area (Å²) in [7, 11) is 0. The zero-order valence-corrected chi connectivity index (χ0v) is 10.4. The maximum absolute atomic E-state index is 6.10. The van der Waals surface area contributed by atoms with Crippen molar-refractivity contribution in [2.24, 2.45) is 0 Å². The van der Waals surface area contributed by atoms with E-state index in [0.29, 0.717) is 22.7 Å². The van der Waals surface area contributed by atoms with Crippen molar-refractivity contribution in [2.75, 3.05) is 18.4 Å². The predicted molar refractivity (Wildman–Crippen MR) is 69.5 cm³/mol. The van der Waals surface area contributed by atoms with Gasteiger partial charge in [0, 0.05) is 24.3 Å². The van der Waals surface area contributed by atoms with E-state index in [1.165, 1.54) is 0 Å². The van der Waals surface area contributed by atoms with Gasteiger partial charge in [0.15, 0.2) is 0 Å². The second-order valence-electron chi connectivity index (χ2n) is 4.21. The number of nitrogens with zero attached hydrogens (tertiary/aromatic N) is 3. The third-order valence-corrected chi connectivity index (χ3v) is 3.19. The van der Waals surface area contributed by atoms with Crippen LogP contribution in [0.3, 0.4) is 0 Å². The minimum atomic E-state index is 0.378. The van der Waals surface area contributed by atoms with Gasteiger partial charge in [0.05, 0.1) is 23.1 Å². The Labute approximate surface area is 109 Å². The molecule has 1 aliphatic rings. The van der Waals surface area contributed by atoms with Gasteiger partial charge in [0.25, 0.3) is 0 Å². The molecule has 18 heavy (non-hydrogen) atoms. The first-order chi connectivity index (χ1) is 8.83. The molecule has 3 N–H and O–H groups in total. The molecule has 1 fully saturated rings. The summed E-state index contributed by atoms with van der Waals surface area (Å²) in [5, 5.41) is 13.8. The van der Waals surface area contributed by atoms with Crippen LogP contribution >= 0.6 is 11.6 Å². The fourth-order valence-electron chi connectivity index (χ4n) is 1.98. The van der Waals surface area contributed by atoms with E-state index in [9.17, 15) is 0 Å². The molecule has 0 aliphatic carbocycles. The Bertz CT molecular complexity index is 520. The smallest absolute Gasteiger partial charge is 0.223 e. The van der Waals surface area contributed by atoms with Gasteiger partial charge in [-0.1, -0.05) is 11.6 Å². The van der Waals surface area contributed by atoms with Gasteiger partial charge in [-0.3, -0.25) is 5.10 Å². The van der Waals surface area contributed by atoms with Crippen LogP contribution in [0, 0.1) is 0 Å². The molecule has 0 amide bonds. The molecule has 1 atom stereocenters. The Balaban J connectivity index is 1.86. The second-order valence-corrected chi connectivity index (χ2v) is 4.62. The van der Waals surface area contributed by atoms with Crippen molar-refractivity contribution in [3.63, 3.8) is 0 Å². The Hall–Kier alpha value is -1.66. The average Bonchev–Trinajstić information content (AvgIpc) is 3.04. The van der Waals surface area contributed by atoms with E-state index in [-0.39, 0.29) is 0 Å². The van der Waals surface area contributed by atoms with Gasteiger partial charge in [0.1, 0.15) is 0 Å². The van der Waals surface area contributed by atoms with E-state index in [1.807, 2.05) is 0 Å². The lowest BCUT2D eigenvalue weighted by atomic mass is 10.2. The molecular formula is C11H13ClN6. The summed E-state index contributed by atoms with van der Waals surface area (Å²) in [6.45, 7) is 1.97. The van der Waals surface area contributed by atoms with Crippen molar-refractivity contribution in [1.29, 1.82) is 0 Å². The normalized spacial score (nSPS) is 19.1. The molecule has 1 aliphatic heterocycles. The number of anilines is 1. The first-order valence-electron chi connectivity index (χ1n) is 5.82. The van der Waals surface area contributed by atoms with Crippen molar-refractivity contribution in [1.82, 2.24) is 25.5 Å². The Morgan fingerprint density at radius 2 is 2.33 bits per heavy atom. The van der Waals surface area contributed by atoms with Gasteiger partial charge in [-0.15, -0.1) is 0 Å². The van der Waals surface area contributed by atoms with Crippen LogP contribution in [0.1, 0.15) is 6.42 Å². The molecule has 0 saturated carbocycles. The quantitative estimate of drug-likeness (QED) is 0.779. The summed E-state index contributed by atoms with van der Waals surface area (Å²) in [4.78, 5) is 8.64. The van der Waals surface area contributed by atoms with Crippen LogP contribution in [-0.2, 0) is 0 Å². The summed E-state index contributed by atoms with van der Waals surface area (Å²) < 4.78 is 0. The molecule has 94 valence electrons. The number of hydrogen-bond donors (Lipinski definition) is 3. The van der Waals surface area contributed by atoms with Crippen LogP contribution < -0.4 is 10.6 Å². The van der Waals surface area contributed by atoms with Crippen molar-refractivity contribution in [3.05, 3.63) is 23.6 Å². The van der Waals surface area contributed by atoms with Crippen molar-refractivity contribution < 1.29 is 0 Å². The van der Waals surface area contributed by atoms with Crippen molar-refractivity contribution >= 4 is 17.5 Å². The van der Waals surface area contributed by atoms with E-state index >= 15 is 0 Å². The third-order valence-electron chi connectivity index (χ3n) is 2.91. The van der Waals surface area contributed by atoms with Crippen LogP contribution in [0.15, 0.2) is 18.6 Å². The van der Waals surface area contributed by atoms with Crippen LogP contribution in [0.5, 0.6) is 0 Å². The molecule has 2 aromatic rings. The van der Waals surface area contributed by atoms with E-state index in [0.717, 1.165) is 25.1 Å². The molecular weight excluding hydrogens is 252 g/mol. The number of H-pyrrole nitrogens is 1. The highest BCUT2D eigenvalue weighted by molar-refractivity contribution is 6.32. The molecule has 0 radical (unpaired) electrons. The van der Waals surface area contributed by atoms with Gasteiger partial charge in [-0.25, -0.2) is 9.97 Å². The highest BCUT2D eigenvalue weighted by atomic mass is 35.5. The third kappa shape index (κ3) is 2.30. The van der Waals surface area contributed by atoms with Crippen LogP contribution in [0.2, 0.25) is 5.02 Å². The number of aromatic nitrogens is 4. The molecule has 3 heterocycles. The van der Waals surface area contributed by atoms with Gasteiger partial charge in [-0.2, -0.15) is 5.10 Å². The Morgan fingerprint density at radius 3 is 3.06 bits per heavy atom. The van der Waals surface area contributed by atoms with Crippen LogP contribution in [0.25, 0.3) is 11.3 Å². The van der Waals surface area contributed by atoms with Crippen LogP contribution in [-0.4, -0.2) is 39.3 Å². The molecule has 7 heteroatoms. The first kappa shape index (κ1) is 11.4. The number of aromatic amines is 1.